The van der Waals surface area contributed by atoms with Crippen LogP contribution in [0.4, 0.5) is 0 Å². The Balaban J connectivity index is 1.55. The Morgan fingerprint density at radius 2 is 2.14 bits per heavy atom. The Morgan fingerprint density at radius 1 is 1.32 bits per heavy atom. The zero-order valence-corrected chi connectivity index (χ0v) is 12.7. The molecule has 5 nitrogen and oxygen atoms in total. The van der Waals surface area contributed by atoms with Crippen molar-refractivity contribution in [3.63, 3.8) is 0 Å². The van der Waals surface area contributed by atoms with Crippen molar-refractivity contribution < 1.29 is 19.4 Å². The van der Waals surface area contributed by atoms with Gasteiger partial charge < -0.3 is 14.6 Å². The number of fused-ring (bicyclic) bond motifs is 1. The Morgan fingerprint density at radius 3 is 3.00 bits per heavy atom. The fourth-order valence-electron chi connectivity index (χ4n) is 3.50. The van der Waals surface area contributed by atoms with Crippen LogP contribution in [0.15, 0.2) is 24.3 Å². The first-order valence-corrected chi connectivity index (χ1v) is 8.06. The third kappa shape index (κ3) is 3.42. The highest BCUT2D eigenvalue weighted by Gasteiger charge is 2.33. The zero-order chi connectivity index (χ0) is 15.4. The van der Waals surface area contributed by atoms with Crippen LogP contribution in [0.3, 0.4) is 0 Å². The van der Waals surface area contributed by atoms with E-state index in [1.54, 1.807) is 24.3 Å². The molecule has 1 aromatic carbocycles. The van der Waals surface area contributed by atoms with Crippen LogP contribution < -0.4 is 4.74 Å². The fourth-order valence-corrected chi connectivity index (χ4v) is 3.50. The lowest BCUT2D eigenvalue weighted by atomic mass is 9.90. The average Bonchev–Trinajstić information content (AvgIpc) is 2.55. The van der Waals surface area contributed by atoms with E-state index >= 15 is 0 Å². The zero-order valence-electron chi connectivity index (χ0n) is 12.7. The van der Waals surface area contributed by atoms with Crippen molar-refractivity contribution in [2.24, 2.45) is 0 Å². The number of carboxylic acid groups (broad SMARTS) is 1. The van der Waals surface area contributed by atoms with Gasteiger partial charge in [0.05, 0.1) is 12.7 Å². The Labute approximate surface area is 130 Å². The lowest BCUT2D eigenvalue weighted by Gasteiger charge is -2.43. The highest BCUT2D eigenvalue weighted by molar-refractivity contribution is 5.90. The first-order valence-electron chi connectivity index (χ1n) is 8.06. The molecule has 2 aliphatic rings. The maximum Gasteiger partial charge on any atom is 0.339 e. The number of ether oxygens (including phenoxy) is 2. The van der Waals surface area contributed by atoms with E-state index in [4.69, 9.17) is 14.6 Å². The third-order valence-corrected chi connectivity index (χ3v) is 4.60. The number of hydrogen-bond acceptors (Lipinski definition) is 4. The van der Waals surface area contributed by atoms with E-state index in [2.05, 4.69) is 4.90 Å². The van der Waals surface area contributed by atoms with Crippen LogP contribution in [-0.2, 0) is 4.74 Å². The predicted molar refractivity (Wildman–Crippen MR) is 82.5 cm³/mol. The fraction of sp³-hybridized carbons (Fsp3) is 0.588. The summed E-state index contributed by atoms with van der Waals surface area (Å²) in [5.41, 5.74) is 0.222. The molecule has 0 aromatic heterocycles. The second-order valence-corrected chi connectivity index (χ2v) is 5.95. The Hall–Kier alpha value is -1.59. The first kappa shape index (κ1) is 15.3. The van der Waals surface area contributed by atoms with Crippen molar-refractivity contribution >= 4 is 5.97 Å². The number of hydrogen-bond donors (Lipinski definition) is 1. The standard InChI is InChI=1S/C17H23NO4/c19-17(20)13-5-1-3-7-15(13)21-11-9-18-10-12-22-16-8-4-2-6-14(16)18/h1,3,5,7,14,16H,2,4,6,8-12H2,(H,19,20)/t14-,16-/m1/s1. The van der Waals surface area contributed by atoms with Crippen molar-refractivity contribution in [1.29, 1.82) is 0 Å². The molecule has 0 unspecified atom stereocenters. The number of aromatic carboxylic acids is 1. The van der Waals surface area contributed by atoms with Crippen LogP contribution in [-0.4, -0.2) is 54.4 Å². The van der Waals surface area contributed by atoms with Gasteiger partial charge in [0.2, 0.25) is 0 Å². The normalized spacial score (nSPS) is 25.5. The van der Waals surface area contributed by atoms with E-state index in [-0.39, 0.29) is 5.56 Å². The molecule has 3 rings (SSSR count). The number of morpholine rings is 1. The van der Waals surface area contributed by atoms with Crippen LogP contribution in [0.25, 0.3) is 0 Å². The van der Waals surface area contributed by atoms with E-state index < -0.39 is 5.97 Å². The van der Waals surface area contributed by atoms with Gasteiger partial charge in [0.1, 0.15) is 17.9 Å². The molecule has 120 valence electrons. The van der Waals surface area contributed by atoms with Crippen molar-refractivity contribution in [3.8, 4) is 5.75 Å². The van der Waals surface area contributed by atoms with Crippen LogP contribution in [0, 0.1) is 0 Å². The molecule has 1 aliphatic carbocycles. The van der Waals surface area contributed by atoms with Gasteiger partial charge in [0.25, 0.3) is 0 Å². The molecule has 1 saturated carbocycles. The van der Waals surface area contributed by atoms with Crippen molar-refractivity contribution in [2.75, 3.05) is 26.3 Å². The number of nitrogens with zero attached hydrogens (tertiary/aromatic N) is 1. The van der Waals surface area contributed by atoms with Gasteiger partial charge in [0.15, 0.2) is 0 Å². The van der Waals surface area contributed by atoms with Gasteiger partial charge in [0, 0.05) is 19.1 Å². The first-order chi connectivity index (χ1) is 10.8. The molecular formula is C17H23NO4. The molecule has 1 heterocycles. The molecule has 1 aliphatic heterocycles. The van der Waals surface area contributed by atoms with Gasteiger partial charge in [-0.05, 0) is 25.0 Å². The van der Waals surface area contributed by atoms with E-state index in [1.165, 1.54) is 19.3 Å². The Kier molecular flexibility index (Phi) is 4.95. The minimum absolute atomic E-state index is 0.222. The number of benzene rings is 1. The summed E-state index contributed by atoms with van der Waals surface area (Å²) in [6, 6.07) is 7.30. The van der Waals surface area contributed by atoms with Gasteiger partial charge >= 0.3 is 5.97 Å². The highest BCUT2D eigenvalue weighted by Crippen LogP contribution is 2.28. The molecule has 0 spiro atoms. The lowest BCUT2D eigenvalue weighted by Crippen LogP contribution is -2.53. The maximum atomic E-state index is 11.2. The van der Waals surface area contributed by atoms with Crippen molar-refractivity contribution in [3.05, 3.63) is 29.8 Å². The second kappa shape index (κ2) is 7.11. The molecule has 5 heteroatoms. The summed E-state index contributed by atoms with van der Waals surface area (Å²) in [6.45, 7) is 3.05. The van der Waals surface area contributed by atoms with E-state index in [0.29, 0.717) is 24.5 Å². The Bertz CT molecular complexity index is 517. The summed E-state index contributed by atoms with van der Waals surface area (Å²) in [4.78, 5) is 13.6. The summed E-state index contributed by atoms with van der Waals surface area (Å²) in [5, 5.41) is 9.16. The van der Waals surface area contributed by atoms with Gasteiger partial charge in [-0.25, -0.2) is 4.79 Å². The maximum absolute atomic E-state index is 11.2. The molecule has 1 aromatic rings. The molecular weight excluding hydrogens is 282 g/mol. The van der Waals surface area contributed by atoms with E-state index in [9.17, 15) is 4.79 Å². The average molecular weight is 305 g/mol. The third-order valence-electron chi connectivity index (χ3n) is 4.60. The van der Waals surface area contributed by atoms with Crippen LogP contribution in [0.5, 0.6) is 5.75 Å². The minimum Gasteiger partial charge on any atom is -0.491 e. The van der Waals surface area contributed by atoms with Gasteiger partial charge in [-0.2, -0.15) is 0 Å². The van der Waals surface area contributed by atoms with Crippen LogP contribution in [0.1, 0.15) is 36.0 Å². The molecule has 2 fully saturated rings. The van der Waals surface area contributed by atoms with Gasteiger partial charge in [-0.1, -0.05) is 25.0 Å². The topological polar surface area (TPSA) is 59.0 Å². The SMILES string of the molecule is O=C(O)c1ccccc1OCCN1CCO[C@@H]2CCCC[C@H]21. The van der Waals surface area contributed by atoms with Crippen molar-refractivity contribution in [1.82, 2.24) is 4.90 Å². The number of para-hydroxylation sites is 1. The van der Waals surface area contributed by atoms with E-state index in [0.717, 1.165) is 26.1 Å². The highest BCUT2D eigenvalue weighted by atomic mass is 16.5. The lowest BCUT2D eigenvalue weighted by molar-refractivity contribution is -0.0901. The number of rotatable bonds is 5. The number of carboxylic acids is 1. The summed E-state index contributed by atoms with van der Waals surface area (Å²) in [5.74, 6) is -0.502. The molecule has 22 heavy (non-hydrogen) atoms. The van der Waals surface area contributed by atoms with Gasteiger partial charge in [-0.3, -0.25) is 4.90 Å². The summed E-state index contributed by atoms with van der Waals surface area (Å²) in [6.07, 6.45) is 5.25. The molecule has 2 atom stereocenters. The quantitative estimate of drug-likeness (QED) is 0.905. The molecule has 1 N–H and O–H groups in total. The van der Waals surface area contributed by atoms with Crippen LogP contribution >= 0.6 is 0 Å². The monoisotopic (exact) mass is 305 g/mol. The molecule has 1 saturated heterocycles. The van der Waals surface area contributed by atoms with Gasteiger partial charge in [-0.15, -0.1) is 0 Å². The number of carbonyl (C=O) groups is 1. The predicted octanol–water partition coefficient (Wildman–Crippen LogP) is 2.41. The summed E-state index contributed by atoms with van der Waals surface area (Å²) < 4.78 is 11.6. The van der Waals surface area contributed by atoms with Crippen LogP contribution in [0.2, 0.25) is 0 Å². The van der Waals surface area contributed by atoms with Crippen molar-refractivity contribution in [2.45, 2.75) is 37.8 Å². The molecule has 0 bridgehead atoms. The summed E-state index contributed by atoms with van der Waals surface area (Å²) >= 11 is 0. The van der Waals surface area contributed by atoms with E-state index in [1.807, 2.05) is 0 Å². The summed E-state index contributed by atoms with van der Waals surface area (Å²) in [7, 11) is 0. The second-order valence-electron chi connectivity index (χ2n) is 5.95. The minimum atomic E-state index is -0.950. The molecule has 0 amide bonds. The smallest absolute Gasteiger partial charge is 0.339 e. The largest absolute Gasteiger partial charge is 0.491 e. The molecule has 0 radical (unpaired) electrons.